The van der Waals surface area contributed by atoms with Gasteiger partial charge in [-0.1, -0.05) is 30.3 Å². The SMILES string of the molecule is COc1ccc(N=Cc2ccc(OC)c(OCc3ccccc3)c2)cn1. The van der Waals surface area contributed by atoms with Crippen LogP contribution >= 0.6 is 0 Å². The standard InChI is InChI=1S/C21H20N2O3/c1-24-19-10-8-17(13-22-18-9-11-21(25-2)23-14-18)12-20(19)26-15-16-6-4-3-5-7-16/h3-14H,15H2,1-2H3. The van der Waals surface area contributed by atoms with E-state index in [4.69, 9.17) is 14.2 Å². The molecule has 0 bridgehead atoms. The van der Waals surface area contributed by atoms with Gasteiger partial charge in [-0.3, -0.25) is 4.99 Å². The molecule has 0 saturated heterocycles. The van der Waals surface area contributed by atoms with E-state index in [1.807, 2.05) is 54.6 Å². The molecule has 1 heterocycles. The van der Waals surface area contributed by atoms with Crippen LogP contribution in [0.3, 0.4) is 0 Å². The highest BCUT2D eigenvalue weighted by molar-refractivity contribution is 5.83. The van der Waals surface area contributed by atoms with Crippen LogP contribution in [0.4, 0.5) is 5.69 Å². The number of hydrogen-bond donors (Lipinski definition) is 0. The third-order valence-corrected chi connectivity index (χ3v) is 3.72. The van der Waals surface area contributed by atoms with Gasteiger partial charge in [0.15, 0.2) is 11.5 Å². The molecule has 26 heavy (non-hydrogen) atoms. The van der Waals surface area contributed by atoms with Gasteiger partial charge in [0.25, 0.3) is 0 Å². The molecule has 0 aliphatic rings. The van der Waals surface area contributed by atoms with Gasteiger partial charge in [-0.05, 0) is 35.4 Å². The van der Waals surface area contributed by atoms with Crippen LogP contribution < -0.4 is 14.2 Å². The van der Waals surface area contributed by atoms with Gasteiger partial charge in [-0.25, -0.2) is 4.98 Å². The number of pyridine rings is 1. The number of methoxy groups -OCH3 is 2. The van der Waals surface area contributed by atoms with Gasteiger partial charge >= 0.3 is 0 Å². The predicted molar refractivity (Wildman–Crippen MR) is 102 cm³/mol. The van der Waals surface area contributed by atoms with Crippen LogP contribution in [0.5, 0.6) is 17.4 Å². The second-order valence-corrected chi connectivity index (χ2v) is 5.50. The van der Waals surface area contributed by atoms with E-state index in [9.17, 15) is 0 Å². The molecule has 0 aliphatic carbocycles. The number of aliphatic imine (C=N–C) groups is 1. The van der Waals surface area contributed by atoms with Crippen molar-refractivity contribution in [2.75, 3.05) is 14.2 Å². The van der Waals surface area contributed by atoms with Crippen LogP contribution in [0, 0.1) is 0 Å². The summed E-state index contributed by atoms with van der Waals surface area (Å²) in [5, 5.41) is 0. The number of hydrogen-bond acceptors (Lipinski definition) is 5. The number of benzene rings is 2. The van der Waals surface area contributed by atoms with Crippen molar-refractivity contribution < 1.29 is 14.2 Å². The molecule has 0 amide bonds. The fraction of sp³-hybridized carbons (Fsp3) is 0.143. The Morgan fingerprint density at radius 1 is 0.923 bits per heavy atom. The maximum atomic E-state index is 5.92. The van der Waals surface area contributed by atoms with E-state index in [0.717, 1.165) is 16.8 Å². The third kappa shape index (κ3) is 4.60. The van der Waals surface area contributed by atoms with Gasteiger partial charge in [-0.15, -0.1) is 0 Å². The Bertz CT molecular complexity index is 862. The topological polar surface area (TPSA) is 52.9 Å². The van der Waals surface area contributed by atoms with Crippen LogP contribution in [-0.2, 0) is 6.61 Å². The van der Waals surface area contributed by atoms with Crippen molar-refractivity contribution in [2.45, 2.75) is 6.61 Å². The first-order valence-electron chi connectivity index (χ1n) is 8.17. The highest BCUT2D eigenvalue weighted by Gasteiger charge is 2.06. The van der Waals surface area contributed by atoms with E-state index in [2.05, 4.69) is 9.98 Å². The summed E-state index contributed by atoms with van der Waals surface area (Å²) >= 11 is 0. The summed E-state index contributed by atoms with van der Waals surface area (Å²) in [7, 11) is 3.21. The number of ether oxygens (including phenoxy) is 3. The van der Waals surface area contributed by atoms with Crippen molar-refractivity contribution in [3.05, 3.63) is 78.0 Å². The summed E-state index contributed by atoms with van der Waals surface area (Å²) in [6.07, 6.45) is 3.42. The first kappa shape index (κ1) is 17.5. The summed E-state index contributed by atoms with van der Waals surface area (Å²) in [6, 6.07) is 19.3. The molecule has 0 saturated carbocycles. The lowest BCUT2D eigenvalue weighted by Gasteiger charge is -2.11. The summed E-state index contributed by atoms with van der Waals surface area (Å²) in [5.41, 5.74) is 2.75. The highest BCUT2D eigenvalue weighted by Crippen LogP contribution is 2.28. The van der Waals surface area contributed by atoms with Crippen molar-refractivity contribution >= 4 is 11.9 Å². The van der Waals surface area contributed by atoms with Gasteiger partial charge in [-0.2, -0.15) is 0 Å². The van der Waals surface area contributed by atoms with E-state index >= 15 is 0 Å². The number of nitrogens with zero attached hydrogens (tertiary/aromatic N) is 2. The van der Waals surface area contributed by atoms with Crippen LogP contribution in [0.25, 0.3) is 0 Å². The Kier molecular flexibility index (Phi) is 5.83. The molecule has 5 nitrogen and oxygen atoms in total. The summed E-state index contributed by atoms with van der Waals surface area (Å²) in [6.45, 7) is 0.472. The van der Waals surface area contributed by atoms with Crippen molar-refractivity contribution in [2.24, 2.45) is 4.99 Å². The molecule has 0 spiro atoms. The molecule has 0 atom stereocenters. The predicted octanol–water partition coefficient (Wildman–Crippen LogP) is 4.43. The number of rotatable bonds is 7. The fourth-order valence-electron chi connectivity index (χ4n) is 2.34. The molecule has 0 fully saturated rings. The minimum atomic E-state index is 0.472. The van der Waals surface area contributed by atoms with Gasteiger partial charge in [0.1, 0.15) is 6.61 Å². The van der Waals surface area contributed by atoms with E-state index < -0.39 is 0 Å². The molecule has 0 aliphatic heterocycles. The summed E-state index contributed by atoms with van der Waals surface area (Å²) < 4.78 is 16.3. The molecular formula is C21H20N2O3. The van der Waals surface area contributed by atoms with Gasteiger partial charge in [0.2, 0.25) is 5.88 Å². The second-order valence-electron chi connectivity index (χ2n) is 5.50. The average molecular weight is 348 g/mol. The zero-order valence-corrected chi connectivity index (χ0v) is 14.8. The fourth-order valence-corrected chi connectivity index (χ4v) is 2.34. The average Bonchev–Trinajstić information content (AvgIpc) is 2.72. The van der Waals surface area contributed by atoms with Crippen molar-refractivity contribution in [3.8, 4) is 17.4 Å². The molecule has 1 aromatic heterocycles. The monoisotopic (exact) mass is 348 g/mol. The Balaban J connectivity index is 1.74. The molecule has 5 heteroatoms. The quantitative estimate of drug-likeness (QED) is 0.593. The van der Waals surface area contributed by atoms with Gasteiger partial charge in [0.05, 0.1) is 26.1 Å². The van der Waals surface area contributed by atoms with Crippen LogP contribution in [0.2, 0.25) is 0 Å². The number of aromatic nitrogens is 1. The minimum absolute atomic E-state index is 0.472. The molecule has 0 N–H and O–H groups in total. The summed E-state index contributed by atoms with van der Waals surface area (Å²) in [4.78, 5) is 8.56. The minimum Gasteiger partial charge on any atom is -0.493 e. The van der Waals surface area contributed by atoms with E-state index in [1.165, 1.54) is 0 Å². The highest BCUT2D eigenvalue weighted by atomic mass is 16.5. The van der Waals surface area contributed by atoms with Crippen LogP contribution in [0.15, 0.2) is 71.9 Å². The first-order valence-corrected chi connectivity index (χ1v) is 8.17. The molecule has 2 aromatic carbocycles. The Morgan fingerprint density at radius 3 is 2.46 bits per heavy atom. The van der Waals surface area contributed by atoms with Crippen molar-refractivity contribution in [1.29, 1.82) is 0 Å². The van der Waals surface area contributed by atoms with E-state index in [-0.39, 0.29) is 0 Å². The van der Waals surface area contributed by atoms with Gasteiger partial charge in [0, 0.05) is 12.3 Å². The largest absolute Gasteiger partial charge is 0.493 e. The van der Waals surface area contributed by atoms with E-state index in [1.54, 1.807) is 32.7 Å². The molecule has 3 aromatic rings. The van der Waals surface area contributed by atoms with Crippen molar-refractivity contribution in [1.82, 2.24) is 4.98 Å². The van der Waals surface area contributed by atoms with E-state index in [0.29, 0.717) is 24.0 Å². The Hall–Kier alpha value is -3.34. The zero-order chi connectivity index (χ0) is 18.2. The second kappa shape index (κ2) is 8.67. The lowest BCUT2D eigenvalue weighted by Crippen LogP contribution is -1.98. The lowest BCUT2D eigenvalue weighted by molar-refractivity contribution is 0.284. The smallest absolute Gasteiger partial charge is 0.213 e. The Morgan fingerprint density at radius 2 is 1.77 bits per heavy atom. The Labute approximate surface area is 152 Å². The normalized spacial score (nSPS) is 10.7. The zero-order valence-electron chi connectivity index (χ0n) is 14.8. The van der Waals surface area contributed by atoms with Crippen LogP contribution in [-0.4, -0.2) is 25.4 Å². The molecule has 132 valence electrons. The third-order valence-electron chi connectivity index (χ3n) is 3.72. The molecule has 0 radical (unpaired) electrons. The maximum Gasteiger partial charge on any atom is 0.213 e. The molecule has 3 rings (SSSR count). The molecular weight excluding hydrogens is 328 g/mol. The van der Waals surface area contributed by atoms with Crippen molar-refractivity contribution in [3.63, 3.8) is 0 Å². The maximum absolute atomic E-state index is 5.92. The van der Waals surface area contributed by atoms with Gasteiger partial charge < -0.3 is 14.2 Å². The summed E-state index contributed by atoms with van der Waals surface area (Å²) in [5.74, 6) is 1.92. The lowest BCUT2D eigenvalue weighted by atomic mass is 10.2. The molecule has 0 unspecified atom stereocenters. The first-order chi connectivity index (χ1) is 12.8. The van der Waals surface area contributed by atoms with Crippen LogP contribution in [0.1, 0.15) is 11.1 Å².